The van der Waals surface area contributed by atoms with Gasteiger partial charge >= 0.3 is 0 Å². The molecule has 6 heteroatoms. The highest BCUT2D eigenvalue weighted by Gasteiger charge is 2.22. The molecule has 0 saturated heterocycles. The maximum atomic E-state index is 9.57. The Labute approximate surface area is 139 Å². The van der Waals surface area contributed by atoms with E-state index in [1.807, 2.05) is 20.8 Å². The first kappa shape index (κ1) is 15.6. The van der Waals surface area contributed by atoms with Crippen LogP contribution in [0.5, 0.6) is 5.75 Å². The van der Waals surface area contributed by atoms with Crippen molar-refractivity contribution in [1.82, 2.24) is 15.2 Å². The van der Waals surface area contributed by atoms with E-state index in [4.69, 9.17) is 5.73 Å². The van der Waals surface area contributed by atoms with Gasteiger partial charge in [0.15, 0.2) is 0 Å². The molecule has 4 N–H and O–H groups in total. The summed E-state index contributed by atoms with van der Waals surface area (Å²) >= 11 is 0. The number of hydrogen-bond acceptors (Lipinski definition) is 5. The normalized spacial score (nSPS) is 10.6. The number of aryl methyl sites for hydroxylation is 2. The highest BCUT2D eigenvalue weighted by molar-refractivity contribution is 5.86. The zero-order valence-corrected chi connectivity index (χ0v) is 13.7. The fourth-order valence-electron chi connectivity index (χ4n) is 2.94. The van der Waals surface area contributed by atoms with Gasteiger partial charge in [-0.25, -0.2) is 4.98 Å². The van der Waals surface area contributed by atoms with Crippen molar-refractivity contribution in [2.45, 2.75) is 20.8 Å². The van der Waals surface area contributed by atoms with Gasteiger partial charge in [0, 0.05) is 22.4 Å². The number of nitrogens with two attached hydrogens (primary N) is 1. The third kappa shape index (κ3) is 2.36. The molecule has 0 aliphatic rings. The average Bonchev–Trinajstić information content (AvgIpc) is 2.89. The molecule has 24 heavy (non-hydrogen) atoms. The van der Waals surface area contributed by atoms with E-state index in [9.17, 15) is 10.4 Å². The van der Waals surface area contributed by atoms with Gasteiger partial charge < -0.3 is 10.8 Å². The number of H-pyrrole nitrogens is 1. The Morgan fingerprint density at radius 3 is 2.33 bits per heavy atom. The molecule has 2 heterocycles. The summed E-state index contributed by atoms with van der Waals surface area (Å²) in [6.45, 7) is 5.71. The molecule has 3 rings (SSSR count). The standard InChI is InChI=1S/C18H17N5O/c1-9-15(16-10(2)22-23-11(16)3)14(8-19)18(20)21-17(9)12-4-6-13(24)7-5-12/h4-7,24H,1-3H3,(H2,20,21)(H,22,23). The second-order valence-electron chi connectivity index (χ2n) is 5.69. The van der Waals surface area contributed by atoms with Gasteiger partial charge in [0.1, 0.15) is 23.2 Å². The van der Waals surface area contributed by atoms with Crippen LogP contribution in [0.4, 0.5) is 5.82 Å². The van der Waals surface area contributed by atoms with E-state index >= 15 is 0 Å². The van der Waals surface area contributed by atoms with Crippen LogP contribution >= 0.6 is 0 Å². The van der Waals surface area contributed by atoms with Crippen LogP contribution in [-0.4, -0.2) is 20.3 Å². The molecule has 0 fully saturated rings. The number of nitrogens with zero attached hydrogens (tertiary/aromatic N) is 3. The van der Waals surface area contributed by atoms with Crippen LogP contribution in [-0.2, 0) is 0 Å². The maximum absolute atomic E-state index is 9.57. The van der Waals surface area contributed by atoms with Gasteiger partial charge in [-0.3, -0.25) is 5.10 Å². The average molecular weight is 319 g/mol. The Morgan fingerprint density at radius 1 is 1.12 bits per heavy atom. The minimum absolute atomic E-state index is 0.180. The van der Waals surface area contributed by atoms with Crippen molar-refractivity contribution in [2.24, 2.45) is 0 Å². The van der Waals surface area contributed by atoms with Crippen molar-refractivity contribution >= 4 is 5.82 Å². The maximum Gasteiger partial charge on any atom is 0.142 e. The third-order valence-corrected chi connectivity index (χ3v) is 4.10. The van der Waals surface area contributed by atoms with E-state index in [1.165, 1.54) is 0 Å². The molecular weight excluding hydrogens is 302 g/mol. The van der Waals surface area contributed by atoms with Crippen LogP contribution < -0.4 is 5.73 Å². The number of nitrogen functional groups attached to an aromatic ring is 1. The van der Waals surface area contributed by atoms with Crippen molar-refractivity contribution in [3.05, 3.63) is 46.8 Å². The zero-order chi connectivity index (χ0) is 17.4. The first-order valence-corrected chi connectivity index (χ1v) is 7.45. The van der Waals surface area contributed by atoms with Crippen LogP contribution in [0.25, 0.3) is 22.4 Å². The lowest BCUT2D eigenvalue weighted by molar-refractivity contribution is 0.475. The molecule has 0 saturated carbocycles. The SMILES string of the molecule is Cc1n[nH]c(C)c1-c1c(C)c(-c2ccc(O)cc2)nc(N)c1C#N. The van der Waals surface area contributed by atoms with E-state index in [0.717, 1.165) is 33.6 Å². The summed E-state index contributed by atoms with van der Waals surface area (Å²) in [5.41, 5.74) is 12.1. The van der Waals surface area contributed by atoms with Crippen LogP contribution in [0.3, 0.4) is 0 Å². The number of aromatic hydroxyl groups is 1. The van der Waals surface area contributed by atoms with Crippen LogP contribution in [0.15, 0.2) is 24.3 Å². The van der Waals surface area contributed by atoms with E-state index in [1.54, 1.807) is 24.3 Å². The molecule has 120 valence electrons. The lowest BCUT2D eigenvalue weighted by Crippen LogP contribution is -2.04. The van der Waals surface area contributed by atoms with Gasteiger partial charge in [-0.15, -0.1) is 0 Å². The first-order valence-electron chi connectivity index (χ1n) is 7.45. The van der Waals surface area contributed by atoms with E-state index in [-0.39, 0.29) is 11.6 Å². The number of phenolic OH excluding ortho intramolecular Hbond substituents is 1. The number of pyridine rings is 1. The number of anilines is 1. The Hall–Kier alpha value is -3.33. The zero-order valence-electron chi connectivity index (χ0n) is 13.7. The summed E-state index contributed by atoms with van der Waals surface area (Å²) < 4.78 is 0. The van der Waals surface area contributed by atoms with Gasteiger partial charge in [-0.2, -0.15) is 10.4 Å². The fraction of sp³-hybridized carbons (Fsp3) is 0.167. The predicted octanol–water partition coefficient (Wildman–Crippen LogP) is 3.22. The molecule has 0 spiro atoms. The molecule has 3 aromatic rings. The molecule has 0 atom stereocenters. The summed E-state index contributed by atoms with van der Waals surface area (Å²) in [6.07, 6.45) is 0. The van der Waals surface area contributed by atoms with Crippen LogP contribution in [0, 0.1) is 32.1 Å². The number of benzene rings is 1. The second kappa shape index (κ2) is 5.70. The van der Waals surface area contributed by atoms with Gasteiger partial charge in [0.05, 0.1) is 11.4 Å². The molecule has 0 unspecified atom stereocenters. The topological polar surface area (TPSA) is 112 Å². The van der Waals surface area contributed by atoms with Crippen molar-refractivity contribution < 1.29 is 5.11 Å². The monoisotopic (exact) mass is 319 g/mol. The smallest absolute Gasteiger partial charge is 0.142 e. The fourth-order valence-corrected chi connectivity index (χ4v) is 2.94. The summed E-state index contributed by atoms with van der Waals surface area (Å²) in [7, 11) is 0. The number of nitriles is 1. The molecule has 0 bridgehead atoms. The Balaban J connectivity index is 2.37. The van der Waals surface area contributed by atoms with Gasteiger partial charge in [0.2, 0.25) is 0 Å². The highest BCUT2D eigenvalue weighted by Crippen LogP contribution is 2.38. The summed E-state index contributed by atoms with van der Waals surface area (Å²) in [5, 5.41) is 26.2. The number of nitrogens with one attached hydrogen (secondary N) is 1. The molecule has 0 aliphatic heterocycles. The highest BCUT2D eigenvalue weighted by atomic mass is 16.3. The largest absolute Gasteiger partial charge is 0.508 e. The summed E-state index contributed by atoms with van der Waals surface area (Å²) in [6, 6.07) is 8.90. The van der Waals surface area contributed by atoms with Crippen molar-refractivity contribution in [2.75, 3.05) is 5.73 Å². The van der Waals surface area contributed by atoms with Crippen LogP contribution in [0.1, 0.15) is 22.5 Å². The Kier molecular flexibility index (Phi) is 3.70. The Morgan fingerprint density at radius 2 is 1.79 bits per heavy atom. The first-order chi connectivity index (χ1) is 11.4. The molecule has 2 aromatic heterocycles. The predicted molar refractivity (Wildman–Crippen MR) is 92.3 cm³/mol. The molecule has 0 aliphatic carbocycles. The van der Waals surface area contributed by atoms with Gasteiger partial charge in [-0.05, 0) is 50.6 Å². The number of hydrogen-bond donors (Lipinski definition) is 3. The molecule has 0 radical (unpaired) electrons. The molecular formula is C18H17N5O. The van der Waals surface area contributed by atoms with Crippen LogP contribution in [0.2, 0.25) is 0 Å². The van der Waals surface area contributed by atoms with Gasteiger partial charge in [0.25, 0.3) is 0 Å². The van der Waals surface area contributed by atoms with Crippen molar-refractivity contribution in [1.29, 1.82) is 5.26 Å². The van der Waals surface area contributed by atoms with Crippen molar-refractivity contribution in [3.8, 4) is 34.2 Å². The third-order valence-electron chi connectivity index (χ3n) is 4.10. The number of aromatic nitrogens is 3. The number of aromatic amines is 1. The van der Waals surface area contributed by atoms with E-state index in [0.29, 0.717) is 11.3 Å². The summed E-state index contributed by atoms with van der Waals surface area (Å²) in [5.74, 6) is 0.362. The quantitative estimate of drug-likeness (QED) is 0.671. The molecule has 0 amide bonds. The van der Waals surface area contributed by atoms with Crippen molar-refractivity contribution in [3.63, 3.8) is 0 Å². The minimum atomic E-state index is 0.180. The lowest BCUT2D eigenvalue weighted by Gasteiger charge is -2.15. The van der Waals surface area contributed by atoms with Gasteiger partial charge in [-0.1, -0.05) is 0 Å². The molecule has 1 aromatic carbocycles. The molecule has 6 nitrogen and oxygen atoms in total. The van der Waals surface area contributed by atoms with E-state index in [2.05, 4.69) is 21.3 Å². The second-order valence-corrected chi connectivity index (χ2v) is 5.69. The summed E-state index contributed by atoms with van der Waals surface area (Å²) in [4.78, 5) is 4.42. The lowest BCUT2D eigenvalue weighted by atomic mass is 9.91. The minimum Gasteiger partial charge on any atom is -0.508 e. The Bertz CT molecular complexity index is 945. The van der Waals surface area contributed by atoms with E-state index < -0.39 is 0 Å². The number of rotatable bonds is 2. The number of phenols is 1.